The zero-order valence-corrected chi connectivity index (χ0v) is 12.7. The molecule has 0 aromatic heterocycles. The van der Waals surface area contributed by atoms with Crippen LogP contribution in [0.15, 0.2) is 66.2 Å². The van der Waals surface area contributed by atoms with Crippen LogP contribution in [0.1, 0.15) is 11.1 Å². The van der Waals surface area contributed by atoms with Gasteiger partial charge in [-0.2, -0.15) is 0 Å². The second-order valence-corrected chi connectivity index (χ2v) is 5.46. The zero-order chi connectivity index (χ0) is 15.5. The SMILES string of the molecule is CN(C)c1ccc(/C=C2/C=C(c3ccccc3)NC2=O)cc1. The number of nitrogens with zero attached hydrogens (tertiary/aromatic N) is 1. The molecule has 0 unspecified atom stereocenters. The van der Waals surface area contributed by atoms with E-state index < -0.39 is 0 Å². The van der Waals surface area contributed by atoms with E-state index in [1.807, 2.05) is 85.7 Å². The second kappa shape index (κ2) is 5.90. The maximum atomic E-state index is 12.1. The van der Waals surface area contributed by atoms with Gasteiger partial charge in [0, 0.05) is 31.1 Å². The van der Waals surface area contributed by atoms with Gasteiger partial charge in [0.1, 0.15) is 0 Å². The largest absolute Gasteiger partial charge is 0.378 e. The molecule has 0 spiro atoms. The van der Waals surface area contributed by atoms with E-state index in [1.54, 1.807) is 0 Å². The Morgan fingerprint density at radius 1 is 0.955 bits per heavy atom. The summed E-state index contributed by atoms with van der Waals surface area (Å²) in [5.74, 6) is -0.0597. The van der Waals surface area contributed by atoms with Crippen LogP contribution in [0, 0.1) is 0 Å². The first kappa shape index (κ1) is 14.1. The number of benzene rings is 2. The number of carbonyl (C=O) groups excluding carboxylic acids is 1. The Morgan fingerprint density at radius 2 is 1.64 bits per heavy atom. The third kappa shape index (κ3) is 2.93. The third-order valence-electron chi connectivity index (χ3n) is 3.63. The Balaban J connectivity index is 1.87. The highest BCUT2D eigenvalue weighted by atomic mass is 16.1. The lowest BCUT2D eigenvalue weighted by Gasteiger charge is -2.11. The van der Waals surface area contributed by atoms with Gasteiger partial charge in [0.2, 0.25) is 0 Å². The van der Waals surface area contributed by atoms with Crippen molar-refractivity contribution in [3.05, 3.63) is 77.4 Å². The number of hydrogen-bond donors (Lipinski definition) is 1. The fourth-order valence-electron chi connectivity index (χ4n) is 2.38. The fourth-order valence-corrected chi connectivity index (χ4v) is 2.38. The quantitative estimate of drug-likeness (QED) is 0.880. The van der Waals surface area contributed by atoms with Crippen LogP contribution >= 0.6 is 0 Å². The number of hydrogen-bond acceptors (Lipinski definition) is 2. The summed E-state index contributed by atoms with van der Waals surface area (Å²) in [6.07, 6.45) is 3.81. The van der Waals surface area contributed by atoms with Gasteiger partial charge in [0.15, 0.2) is 0 Å². The molecule has 0 saturated heterocycles. The molecule has 3 rings (SSSR count). The van der Waals surface area contributed by atoms with E-state index in [9.17, 15) is 4.79 Å². The molecular weight excluding hydrogens is 272 g/mol. The van der Waals surface area contributed by atoms with Gasteiger partial charge in [-0.25, -0.2) is 0 Å². The van der Waals surface area contributed by atoms with Crippen molar-refractivity contribution in [2.75, 3.05) is 19.0 Å². The smallest absolute Gasteiger partial charge is 0.255 e. The van der Waals surface area contributed by atoms with Crippen LogP contribution in [-0.2, 0) is 4.79 Å². The van der Waals surface area contributed by atoms with E-state index in [1.165, 1.54) is 0 Å². The Morgan fingerprint density at radius 3 is 2.27 bits per heavy atom. The first-order valence-electron chi connectivity index (χ1n) is 7.21. The van der Waals surface area contributed by atoms with Crippen molar-refractivity contribution in [1.29, 1.82) is 0 Å². The number of nitrogens with one attached hydrogen (secondary N) is 1. The Labute approximate surface area is 130 Å². The van der Waals surface area contributed by atoms with E-state index in [2.05, 4.69) is 5.32 Å². The van der Waals surface area contributed by atoms with Gasteiger partial charge >= 0.3 is 0 Å². The topological polar surface area (TPSA) is 32.3 Å². The standard InChI is InChI=1S/C19H18N2O/c1-21(2)17-10-8-14(9-11-17)12-16-13-18(20-19(16)22)15-6-4-3-5-7-15/h3-13H,1-2H3,(H,20,22)/b16-12-. The molecule has 0 atom stereocenters. The minimum absolute atomic E-state index is 0.0597. The average Bonchev–Trinajstić information content (AvgIpc) is 2.90. The summed E-state index contributed by atoms with van der Waals surface area (Å²) >= 11 is 0. The molecule has 1 N–H and O–H groups in total. The Hall–Kier alpha value is -2.81. The van der Waals surface area contributed by atoms with E-state index in [0.717, 1.165) is 22.5 Å². The number of amides is 1. The average molecular weight is 290 g/mol. The molecule has 0 aliphatic carbocycles. The monoisotopic (exact) mass is 290 g/mol. The summed E-state index contributed by atoms with van der Waals surface area (Å²) in [6.45, 7) is 0. The van der Waals surface area contributed by atoms with Crippen molar-refractivity contribution in [2.45, 2.75) is 0 Å². The molecule has 0 saturated carbocycles. The Bertz CT molecular complexity index is 741. The van der Waals surface area contributed by atoms with Crippen LogP contribution in [0.3, 0.4) is 0 Å². The molecule has 22 heavy (non-hydrogen) atoms. The Kier molecular flexibility index (Phi) is 3.79. The maximum Gasteiger partial charge on any atom is 0.255 e. The summed E-state index contributed by atoms with van der Waals surface area (Å²) in [4.78, 5) is 14.1. The normalized spacial score (nSPS) is 15.6. The van der Waals surface area contributed by atoms with Crippen LogP contribution in [0.5, 0.6) is 0 Å². The first-order valence-corrected chi connectivity index (χ1v) is 7.21. The van der Waals surface area contributed by atoms with Crippen molar-refractivity contribution in [1.82, 2.24) is 5.32 Å². The maximum absolute atomic E-state index is 12.1. The van der Waals surface area contributed by atoms with Gasteiger partial charge in [-0.3, -0.25) is 4.79 Å². The molecule has 3 heteroatoms. The highest BCUT2D eigenvalue weighted by Crippen LogP contribution is 2.22. The van der Waals surface area contributed by atoms with Crippen molar-refractivity contribution in [3.63, 3.8) is 0 Å². The lowest BCUT2D eigenvalue weighted by molar-refractivity contribution is -0.115. The summed E-state index contributed by atoms with van der Waals surface area (Å²) in [6, 6.07) is 18.0. The van der Waals surface area contributed by atoms with Crippen molar-refractivity contribution in [3.8, 4) is 0 Å². The van der Waals surface area contributed by atoms with Gasteiger partial charge in [-0.05, 0) is 35.4 Å². The van der Waals surface area contributed by atoms with E-state index in [-0.39, 0.29) is 5.91 Å². The predicted octanol–water partition coefficient (Wildman–Crippen LogP) is 3.31. The lowest BCUT2D eigenvalue weighted by Crippen LogP contribution is -2.15. The van der Waals surface area contributed by atoms with Crippen molar-refractivity contribution in [2.24, 2.45) is 0 Å². The van der Waals surface area contributed by atoms with Crippen LogP contribution in [0.2, 0.25) is 0 Å². The molecule has 1 aliphatic heterocycles. The summed E-state index contributed by atoms with van der Waals surface area (Å²) in [7, 11) is 4.01. The second-order valence-electron chi connectivity index (χ2n) is 5.46. The highest BCUT2D eigenvalue weighted by molar-refractivity contribution is 6.10. The van der Waals surface area contributed by atoms with Crippen LogP contribution < -0.4 is 10.2 Å². The molecule has 1 amide bonds. The highest BCUT2D eigenvalue weighted by Gasteiger charge is 2.18. The molecular formula is C19H18N2O. The fraction of sp³-hybridized carbons (Fsp3) is 0.105. The first-order chi connectivity index (χ1) is 10.6. The van der Waals surface area contributed by atoms with Gasteiger partial charge in [-0.15, -0.1) is 0 Å². The molecule has 2 aromatic rings. The molecule has 3 nitrogen and oxygen atoms in total. The molecule has 1 heterocycles. The van der Waals surface area contributed by atoms with Gasteiger partial charge < -0.3 is 10.2 Å². The summed E-state index contributed by atoms with van der Waals surface area (Å²) in [5.41, 5.74) is 4.69. The molecule has 0 radical (unpaired) electrons. The minimum atomic E-state index is -0.0597. The number of carbonyl (C=O) groups is 1. The van der Waals surface area contributed by atoms with Crippen molar-refractivity contribution >= 4 is 23.4 Å². The molecule has 0 bridgehead atoms. The molecule has 0 fully saturated rings. The number of rotatable bonds is 3. The number of anilines is 1. The molecule has 110 valence electrons. The van der Waals surface area contributed by atoms with Crippen LogP contribution in [0.4, 0.5) is 5.69 Å². The van der Waals surface area contributed by atoms with E-state index in [4.69, 9.17) is 0 Å². The van der Waals surface area contributed by atoms with Gasteiger partial charge in [0.25, 0.3) is 5.91 Å². The van der Waals surface area contributed by atoms with Crippen LogP contribution in [0.25, 0.3) is 11.8 Å². The molecule has 1 aliphatic rings. The van der Waals surface area contributed by atoms with Gasteiger partial charge in [-0.1, -0.05) is 42.5 Å². The lowest BCUT2D eigenvalue weighted by atomic mass is 10.1. The zero-order valence-electron chi connectivity index (χ0n) is 12.7. The van der Waals surface area contributed by atoms with Crippen LogP contribution in [-0.4, -0.2) is 20.0 Å². The summed E-state index contributed by atoms with van der Waals surface area (Å²) in [5, 5.41) is 2.92. The van der Waals surface area contributed by atoms with Gasteiger partial charge in [0.05, 0.1) is 0 Å². The predicted molar refractivity (Wildman–Crippen MR) is 91.3 cm³/mol. The van der Waals surface area contributed by atoms with E-state index >= 15 is 0 Å². The third-order valence-corrected chi connectivity index (χ3v) is 3.63. The molecule has 2 aromatic carbocycles. The van der Waals surface area contributed by atoms with E-state index in [0.29, 0.717) is 5.57 Å². The van der Waals surface area contributed by atoms with Crippen molar-refractivity contribution < 1.29 is 4.79 Å². The summed E-state index contributed by atoms with van der Waals surface area (Å²) < 4.78 is 0. The minimum Gasteiger partial charge on any atom is -0.378 e.